The fourth-order valence-corrected chi connectivity index (χ4v) is 14.8. The van der Waals surface area contributed by atoms with Crippen LogP contribution in [-0.2, 0) is 68.3 Å². The van der Waals surface area contributed by atoms with Gasteiger partial charge in [0.15, 0.2) is 11.6 Å². The van der Waals surface area contributed by atoms with Gasteiger partial charge in [-0.1, -0.05) is 71.1 Å². The molecule has 2 aromatic rings. The van der Waals surface area contributed by atoms with Crippen LogP contribution in [0.1, 0.15) is 155 Å². The molecule has 5 fully saturated rings. The Morgan fingerprint density at radius 3 is 1.98 bits per heavy atom. The number of piperazine rings is 2. The number of carbonyl (C=O) groups is 7. The summed E-state index contributed by atoms with van der Waals surface area (Å²) in [5.41, 5.74) is 2.55. The zero-order valence-electron chi connectivity index (χ0n) is 61.6. The third-order valence-electron chi connectivity index (χ3n) is 21.5. The zero-order chi connectivity index (χ0) is 72.9. The number of piperidine rings is 1. The molecule has 0 aromatic carbocycles. The molecule has 25 heteroatoms. The lowest BCUT2D eigenvalue weighted by molar-refractivity contribution is -0.265. The number of Topliss-reactive ketones (excluding diaryl/α,β-unsaturated/α-hetero) is 4. The third kappa shape index (κ3) is 22.5. The van der Waals surface area contributed by atoms with E-state index in [1.54, 1.807) is 65.9 Å². The van der Waals surface area contributed by atoms with Crippen molar-refractivity contribution in [3.8, 4) is 0 Å². The number of aryl methyl sites for hydroxylation is 1. The number of cyclic esters (lactones) is 1. The summed E-state index contributed by atoms with van der Waals surface area (Å²) >= 11 is 0. The Balaban J connectivity index is 0.846. The van der Waals surface area contributed by atoms with Crippen LogP contribution in [0.2, 0.25) is 0 Å². The highest BCUT2D eigenvalue weighted by Gasteiger charge is 2.53. The van der Waals surface area contributed by atoms with Crippen LogP contribution in [0.15, 0.2) is 72.4 Å². The summed E-state index contributed by atoms with van der Waals surface area (Å²) in [6.45, 7) is 23.9. The van der Waals surface area contributed by atoms with Crippen LogP contribution in [0.4, 0.5) is 11.9 Å². The van der Waals surface area contributed by atoms with E-state index in [1.807, 2.05) is 58.1 Å². The zero-order valence-corrected chi connectivity index (χ0v) is 61.6. The number of carbonyl (C=O) groups excluding carboxylic acids is 7. The van der Waals surface area contributed by atoms with Gasteiger partial charge in [-0.15, -0.1) is 0 Å². The molecule has 0 radical (unpaired) electrons. The van der Waals surface area contributed by atoms with Gasteiger partial charge in [-0.2, -0.15) is 0 Å². The molecule has 101 heavy (non-hydrogen) atoms. The first-order valence-electron chi connectivity index (χ1n) is 36.7. The third-order valence-corrected chi connectivity index (χ3v) is 21.5. The van der Waals surface area contributed by atoms with Crippen LogP contribution in [0.3, 0.4) is 0 Å². The van der Waals surface area contributed by atoms with Crippen molar-refractivity contribution < 1.29 is 76.9 Å². The Morgan fingerprint density at radius 1 is 0.723 bits per heavy atom. The van der Waals surface area contributed by atoms with Crippen LogP contribution in [-0.4, -0.2) is 247 Å². The number of aliphatic hydroxyl groups excluding tert-OH is 1. The van der Waals surface area contributed by atoms with Gasteiger partial charge in [0, 0.05) is 155 Å². The number of aromatic nitrogens is 4. The molecule has 0 unspecified atom stereocenters. The molecule has 2 aromatic heterocycles. The van der Waals surface area contributed by atoms with Crippen molar-refractivity contribution in [2.24, 2.45) is 35.5 Å². The molecule has 4 saturated heterocycles. The van der Waals surface area contributed by atoms with Gasteiger partial charge in [-0.05, 0) is 126 Å². The lowest BCUT2D eigenvalue weighted by atomic mass is 9.78. The number of esters is 2. The van der Waals surface area contributed by atoms with Crippen molar-refractivity contribution in [1.82, 2.24) is 34.6 Å². The first-order chi connectivity index (χ1) is 48.4. The van der Waals surface area contributed by atoms with Crippen molar-refractivity contribution in [3.63, 3.8) is 0 Å². The van der Waals surface area contributed by atoms with E-state index in [9.17, 15) is 43.8 Å². The van der Waals surface area contributed by atoms with Crippen molar-refractivity contribution in [2.75, 3.05) is 116 Å². The minimum atomic E-state index is -2.47. The lowest BCUT2D eigenvalue weighted by Crippen LogP contribution is -2.61. The topological polar surface area (TPSA) is 292 Å². The largest absolute Gasteiger partial charge is 0.460 e. The maximum Gasteiger partial charge on any atom is 0.329 e. The van der Waals surface area contributed by atoms with Gasteiger partial charge in [0.2, 0.25) is 17.7 Å². The maximum atomic E-state index is 14.8. The van der Waals surface area contributed by atoms with Crippen LogP contribution >= 0.6 is 0 Å². The van der Waals surface area contributed by atoms with E-state index < -0.39 is 95.9 Å². The van der Waals surface area contributed by atoms with Crippen LogP contribution in [0, 0.1) is 35.5 Å². The summed E-state index contributed by atoms with van der Waals surface area (Å²) in [5.74, 6) is -7.62. The minimum Gasteiger partial charge on any atom is -0.460 e. The molecule has 7 heterocycles. The van der Waals surface area contributed by atoms with Crippen molar-refractivity contribution in [1.29, 1.82) is 0 Å². The van der Waals surface area contributed by atoms with Crippen LogP contribution in [0.5, 0.6) is 0 Å². The van der Waals surface area contributed by atoms with Gasteiger partial charge in [0.25, 0.3) is 11.7 Å². The second-order valence-corrected chi connectivity index (χ2v) is 29.0. The van der Waals surface area contributed by atoms with Gasteiger partial charge >= 0.3 is 11.9 Å². The molecular formula is C76H113N9O16. The molecule has 5 aliphatic heterocycles. The SMILES string of the molecule is CO[C@H]1C[C@@H]2CC[C@@H](C)[C@@](O)(O2)C(=O)C(=O)N2CCCC[C@H]2C(=O)O[C@H]([C@H](C)C[C@@H]2CC[C@@H](OC(=O)CCc3cnc(N4CCN(CCOCCN5CCN(c6ncc(C(C)=O)cn6)CC5)CC4)nc3)[C@H](OC)C2)CC(=O)[C@H](C)/C=C(\C)[C@@H](O)[C@@H](OC)C(=O)[C@H](C)C[C@H](C)/C=C/C=C/C=C/1C. The number of hydrogen-bond acceptors (Lipinski definition) is 24. The smallest absolute Gasteiger partial charge is 0.329 e. The quantitative estimate of drug-likeness (QED) is 0.0465. The summed E-state index contributed by atoms with van der Waals surface area (Å²) in [6, 6.07) is -1.20. The second kappa shape index (κ2) is 38.8. The fraction of sp³-hybridized carbons (Fsp3) is 0.697. The number of aliphatic hydroxyl groups is 2. The molecule has 1 saturated carbocycles. The monoisotopic (exact) mass is 1410 g/mol. The normalized spacial score (nSPS) is 32.3. The molecular weight excluding hydrogens is 1290 g/mol. The lowest BCUT2D eigenvalue weighted by Gasteiger charge is -2.42. The number of rotatable bonds is 19. The molecule has 0 spiro atoms. The van der Waals surface area contributed by atoms with Crippen molar-refractivity contribution in [3.05, 3.63) is 83.5 Å². The Bertz CT molecular complexity index is 3190. The number of amides is 1. The highest BCUT2D eigenvalue weighted by atomic mass is 16.6. The Labute approximate surface area is 597 Å². The van der Waals surface area contributed by atoms with E-state index in [4.69, 9.17) is 33.2 Å². The minimum absolute atomic E-state index is 0.00190. The molecule has 2 bridgehead atoms. The molecule has 8 rings (SSSR count). The molecule has 1 amide bonds. The van der Waals surface area contributed by atoms with Gasteiger partial charge in [-0.3, -0.25) is 38.6 Å². The number of ether oxygens (including phenoxy) is 7. The first kappa shape index (κ1) is 80.1. The van der Waals surface area contributed by atoms with Crippen LogP contribution < -0.4 is 9.80 Å². The predicted molar refractivity (Wildman–Crippen MR) is 380 cm³/mol. The average Bonchev–Trinajstić information content (AvgIpc) is 0.779. The first-order valence-corrected chi connectivity index (χ1v) is 36.7. The van der Waals surface area contributed by atoms with Crippen LogP contribution in [0.25, 0.3) is 0 Å². The van der Waals surface area contributed by atoms with E-state index in [2.05, 4.69) is 39.5 Å². The van der Waals surface area contributed by atoms with E-state index in [1.165, 1.54) is 18.9 Å². The summed E-state index contributed by atoms with van der Waals surface area (Å²) in [5, 5.41) is 23.8. The number of anilines is 2. The molecule has 25 nitrogen and oxygen atoms in total. The maximum absolute atomic E-state index is 14.8. The summed E-state index contributed by atoms with van der Waals surface area (Å²) in [6.07, 6.45) is 17.6. The highest BCUT2D eigenvalue weighted by molar-refractivity contribution is 6.39. The number of hydrogen-bond donors (Lipinski definition) is 2. The molecule has 2 N–H and O–H groups in total. The number of fused-ring (bicyclic) bond motifs is 3. The van der Waals surface area contributed by atoms with Crippen molar-refractivity contribution in [2.45, 2.75) is 200 Å². The van der Waals surface area contributed by atoms with Crippen molar-refractivity contribution >= 4 is 52.9 Å². The number of methoxy groups -OCH3 is 3. The predicted octanol–water partition coefficient (Wildman–Crippen LogP) is 7.11. The van der Waals surface area contributed by atoms with E-state index in [0.29, 0.717) is 107 Å². The van der Waals surface area contributed by atoms with Gasteiger partial charge in [0.1, 0.15) is 36.2 Å². The highest BCUT2D eigenvalue weighted by Crippen LogP contribution is 2.39. The molecule has 15 atom stereocenters. The standard InChI is InChI=1S/C76H113N9O16/c1-49-17-13-12-14-18-50(2)64(95-9)43-60-23-20-55(7)76(94,101-60)71(91)72(92)85-26-16-15-19-61(85)73(93)100-65(44-62(87)51(3)40-54(6)69(90)70(97-11)68(89)53(5)39-49)52(4)41-57-21-24-63(66(42-57)96-10)99-67(88)25-22-58-45-77-74(78-46-58)83-31-27-81(28-32-83)35-37-98-38-36-82-29-33-84(34-30-82)75-79-47-59(48-80-75)56(8)86/h12-14,17-18,40,45-49,51-53,55,57,60-61,63-66,69-70,90,94H,15-16,19-39,41-44H2,1-11H3/b14-12+,17-13+,50-18+,54-40+/t49-,51-,52-,53-,55-,57+,60+,61+,63-,64+,65+,66-,69-,70+,76-/m1/s1. The number of allylic oxidation sites excluding steroid dienone is 6. The number of nitrogens with zero attached hydrogens (tertiary/aromatic N) is 9. The van der Waals surface area contributed by atoms with Gasteiger partial charge in [0.05, 0.1) is 37.1 Å². The second-order valence-electron chi connectivity index (χ2n) is 29.0. The van der Waals surface area contributed by atoms with Gasteiger partial charge in [-0.25, -0.2) is 24.7 Å². The van der Waals surface area contributed by atoms with E-state index in [-0.39, 0.29) is 61.0 Å². The summed E-state index contributed by atoms with van der Waals surface area (Å²) in [7, 11) is 4.54. The number of ketones is 4. The molecule has 1 aliphatic carbocycles. The van der Waals surface area contributed by atoms with E-state index in [0.717, 1.165) is 76.6 Å². The average molecular weight is 1410 g/mol. The van der Waals surface area contributed by atoms with E-state index >= 15 is 0 Å². The Hall–Kier alpha value is -6.55. The molecule has 6 aliphatic rings. The molecule has 558 valence electrons. The fourth-order valence-electron chi connectivity index (χ4n) is 14.8. The Morgan fingerprint density at radius 2 is 1.37 bits per heavy atom. The Kier molecular flexibility index (Phi) is 30.8. The summed E-state index contributed by atoms with van der Waals surface area (Å²) < 4.78 is 42.3. The summed E-state index contributed by atoms with van der Waals surface area (Å²) in [4.78, 5) is 126. The van der Waals surface area contributed by atoms with Gasteiger partial charge < -0.3 is 58.1 Å².